The predicted octanol–water partition coefficient (Wildman–Crippen LogP) is 3.88. The van der Waals surface area contributed by atoms with Gasteiger partial charge in [0.25, 0.3) is 5.91 Å². The molecule has 4 rings (SSSR count). The topological polar surface area (TPSA) is 68.0 Å². The average molecular weight is 335 g/mol. The van der Waals surface area contributed by atoms with Gasteiger partial charge in [-0.25, -0.2) is 0 Å². The molecule has 0 aliphatic heterocycles. The number of amides is 1. The Kier molecular flexibility index (Phi) is 3.80. The smallest absolute Gasteiger partial charge is 0.251 e. The lowest BCUT2D eigenvalue weighted by Crippen LogP contribution is -2.22. The van der Waals surface area contributed by atoms with Gasteiger partial charge in [-0.05, 0) is 35.4 Å². The van der Waals surface area contributed by atoms with Crippen molar-refractivity contribution in [2.45, 2.75) is 6.54 Å². The molecule has 0 unspecified atom stereocenters. The van der Waals surface area contributed by atoms with E-state index in [4.69, 9.17) is 4.42 Å². The van der Waals surface area contributed by atoms with Crippen LogP contribution in [0.4, 0.5) is 0 Å². The molecule has 0 aliphatic rings. The summed E-state index contributed by atoms with van der Waals surface area (Å²) in [6.45, 7) is 0.470. The molecule has 0 saturated carbocycles. The van der Waals surface area contributed by atoms with E-state index in [-0.39, 0.29) is 5.91 Å². The summed E-state index contributed by atoms with van der Waals surface area (Å²) < 4.78 is 13.4. The number of fused-ring (bicyclic) bond motifs is 1. The molecule has 5 nitrogen and oxygen atoms in total. The van der Waals surface area contributed by atoms with Crippen LogP contribution in [0.25, 0.3) is 22.2 Å². The second-order valence-electron chi connectivity index (χ2n) is 5.36. The first-order chi connectivity index (χ1) is 11.8. The Morgan fingerprint density at radius 1 is 1.00 bits per heavy atom. The van der Waals surface area contributed by atoms with Gasteiger partial charge in [-0.1, -0.05) is 24.3 Å². The quantitative estimate of drug-likeness (QED) is 0.614. The minimum absolute atomic E-state index is 0.121. The summed E-state index contributed by atoms with van der Waals surface area (Å²) >= 11 is 1.15. The fraction of sp³-hybridized carbons (Fsp3) is 0.0556. The Balaban J connectivity index is 1.43. The van der Waals surface area contributed by atoms with Crippen molar-refractivity contribution in [3.05, 3.63) is 72.2 Å². The molecule has 0 saturated heterocycles. The van der Waals surface area contributed by atoms with Crippen LogP contribution < -0.4 is 5.32 Å². The van der Waals surface area contributed by atoms with Crippen molar-refractivity contribution >= 4 is 28.7 Å². The molecule has 0 radical (unpaired) electrons. The number of hydrogen-bond acceptors (Lipinski definition) is 5. The van der Waals surface area contributed by atoms with Crippen LogP contribution >= 0.6 is 11.7 Å². The number of nitrogens with zero attached hydrogens (tertiary/aromatic N) is 2. The van der Waals surface area contributed by atoms with E-state index in [1.807, 2.05) is 36.4 Å². The lowest BCUT2D eigenvalue weighted by molar-refractivity contribution is 0.0951. The number of carbonyl (C=O) groups excluding carboxylic acids is 1. The summed E-state index contributed by atoms with van der Waals surface area (Å²) in [6.07, 6.45) is 3.36. The molecular weight excluding hydrogens is 322 g/mol. The number of aromatic nitrogens is 2. The van der Waals surface area contributed by atoms with Gasteiger partial charge in [-0.15, -0.1) is 0 Å². The van der Waals surface area contributed by atoms with Crippen LogP contribution in [-0.2, 0) is 6.54 Å². The highest BCUT2D eigenvalue weighted by Gasteiger charge is 2.08. The van der Waals surface area contributed by atoms with Crippen molar-refractivity contribution in [2.24, 2.45) is 0 Å². The van der Waals surface area contributed by atoms with E-state index in [2.05, 4.69) is 14.1 Å². The van der Waals surface area contributed by atoms with Gasteiger partial charge >= 0.3 is 0 Å². The highest BCUT2D eigenvalue weighted by Crippen LogP contribution is 2.20. The third-order valence-corrected chi connectivity index (χ3v) is 4.33. The Morgan fingerprint density at radius 3 is 2.62 bits per heavy atom. The van der Waals surface area contributed by atoms with Gasteiger partial charge in [-0.3, -0.25) is 4.79 Å². The SMILES string of the molecule is O=C(NCc1ccc(-c2ccoc2)cc1)c1ccc2nsnc2c1. The Hall–Kier alpha value is -2.99. The standard InChI is InChI=1S/C18H13N3O2S/c22-18(14-5-6-16-17(9-14)21-24-20-16)19-10-12-1-3-13(4-2-12)15-7-8-23-11-15/h1-9,11H,10H2,(H,19,22). The number of rotatable bonds is 4. The molecule has 1 N–H and O–H groups in total. The van der Waals surface area contributed by atoms with Crippen LogP contribution in [0.1, 0.15) is 15.9 Å². The summed E-state index contributed by atoms with van der Waals surface area (Å²) in [5.74, 6) is -0.121. The van der Waals surface area contributed by atoms with Crippen molar-refractivity contribution in [1.82, 2.24) is 14.1 Å². The van der Waals surface area contributed by atoms with Gasteiger partial charge < -0.3 is 9.73 Å². The lowest BCUT2D eigenvalue weighted by Gasteiger charge is -2.06. The zero-order chi connectivity index (χ0) is 16.4. The van der Waals surface area contributed by atoms with E-state index >= 15 is 0 Å². The van der Waals surface area contributed by atoms with Crippen LogP contribution in [0.3, 0.4) is 0 Å². The minimum Gasteiger partial charge on any atom is -0.472 e. The van der Waals surface area contributed by atoms with Crippen molar-refractivity contribution in [1.29, 1.82) is 0 Å². The molecule has 0 atom stereocenters. The van der Waals surface area contributed by atoms with Crippen LogP contribution in [0, 0.1) is 0 Å². The van der Waals surface area contributed by atoms with E-state index in [9.17, 15) is 4.79 Å². The number of carbonyl (C=O) groups is 1. The average Bonchev–Trinajstić information content (AvgIpc) is 3.30. The van der Waals surface area contributed by atoms with Crippen LogP contribution in [0.5, 0.6) is 0 Å². The van der Waals surface area contributed by atoms with Crippen molar-refractivity contribution in [2.75, 3.05) is 0 Å². The molecule has 24 heavy (non-hydrogen) atoms. The summed E-state index contributed by atoms with van der Waals surface area (Å²) in [5, 5.41) is 2.92. The Morgan fingerprint density at radius 2 is 1.83 bits per heavy atom. The van der Waals surface area contributed by atoms with Crippen LogP contribution in [0.15, 0.2) is 65.5 Å². The summed E-state index contributed by atoms with van der Waals surface area (Å²) in [5.41, 5.74) is 5.30. The summed E-state index contributed by atoms with van der Waals surface area (Å²) in [6, 6.07) is 15.3. The third-order valence-electron chi connectivity index (χ3n) is 3.78. The molecule has 2 heterocycles. The van der Waals surface area contributed by atoms with Crippen LogP contribution in [0.2, 0.25) is 0 Å². The molecule has 4 aromatic rings. The molecule has 0 fully saturated rings. The number of benzene rings is 2. The molecule has 6 heteroatoms. The number of hydrogen-bond donors (Lipinski definition) is 1. The molecule has 0 aliphatic carbocycles. The molecule has 1 amide bonds. The molecular formula is C18H13N3O2S. The van der Waals surface area contributed by atoms with E-state index in [1.54, 1.807) is 24.7 Å². The predicted molar refractivity (Wildman–Crippen MR) is 92.7 cm³/mol. The molecule has 2 aromatic carbocycles. The van der Waals surface area contributed by atoms with E-state index in [0.29, 0.717) is 12.1 Å². The fourth-order valence-electron chi connectivity index (χ4n) is 2.45. The highest BCUT2D eigenvalue weighted by molar-refractivity contribution is 7.00. The van der Waals surface area contributed by atoms with Crippen molar-refractivity contribution < 1.29 is 9.21 Å². The largest absolute Gasteiger partial charge is 0.472 e. The molecule has 2 aromatic heterocycles. The summed E-state index contributed by atoms with van der Waals surface area (Å²) in [4.78, 5) is 12.3. The highest BCUT2D eigenvalue weighted by atomic mass is 32.1. The first-order valence-corrected chi connectivity index (χ1v) is 8.15. The van der Waals surface area contributed by atoms with E-state index in [1.165, 1.54) is 0 Å². The maximum absolute atomic E-state index is 12.3. The Bertz CT molecular complexity index is 975. The molecule has 0 bridgehead atoms. The Labute approximate surface area is 142 Å². The van der Waals surface area contributed by atoms with Crippen molar-refractivity contribution in [3.8, 4) is 11.1 Å². The van der Waals surface area contributed by atoms with Gasteiger partial charge in [-0.2, -0.15) is 8.75 Å². The zero-order valence-corrected chi connectivity index (χ0v) is 13.4. The minimum atomic E-state index is -0.121. The van der Waals surface area contributed by atoms with Gasteiger partial charge in [0, 0.05) is 17.7 Å². The fourth-order valence-corrected chi connectivity index (χ4v) is 2.97. The first-order valence-electron chi connectivity index (χ1n) is 7.42. The molecule has 118 valence electrons. The lowest BCUT2D eigenvalue weighted by atomic mass is 10.1. The second kappa shape index (κ2) is 6.25. The third kappa shape index (κ3) is 2.91. The molecule has 0 spiro atoms. The number of furan rings is 1. The number of nitrogens with one attached hydrogen (secondary N) is 1. The van der Waals surface area contributed by atoms with Crippen molar-refractivity contribution in [3.63, 3.8) is 0 Å². The zero-order valence-electron chi connectivity index (χ0n) is 12.6. The first kappa shape index (κ1) is 14.6. The van der Waals surface area contributed by atoms with Gasteiger partial charge in [0.15, 0.2) is 0 Å². The van der Waals surface area contributed by atoms with Gasteiger partial charge in [0.2, 0.25) is 0 Å². The maximum Gasteiger partial charge on any atom is 0.251 e. The van der Waals surface area contributed by atoms with Gasteiger partial charge in [0.05, 0.1) is 24.3 Å². The maximum atomic E-state index is 12.3. The van der Waals surface area contributed by atoms with E-state index in [0.717, 1.165) is 39.5 Å². The van der Waals surface area contributed by atoms with Gasteiger partial charge in [0.1, 0.15) is 11.0 Å². The second-order valence-corrected chi connectivity index (χ2v) is 5.89. The normalized spacial score (nSPS) is 10.8. The van der Waals surface area contributed by atoms with E-state index < -0.39 is 0 Å². The monoisotopic (exact) mass is 335 g/mol. The van der Waals surface area contributed by atoms with Crippen LogP contribution in [-0.4, -0.2) is 14.7 Å². The summed E-state index contributed by atoms with van der Waals surface area (Å²) in [7, 11) is 0.